The van der Waals surface area contributed by atoms with Gasteiger partial charge in [0.1, 0.15) is 0 Å². The van der Waals surface area contributed by atoms with Crippen LogP contribution in [0, 0.1) is 5.92 Å². The SMILES string of the molecule is CC(O)=[SH]CC(C[SH]=C(C)O)C(=O)Cl. The van der Waals surface area contributed by atoms with Crippen molar-refractivity contribution in [3.8, 4) is 0 Å². The smallest absolute Gasteiger partial charge is 0.226 e. The molecule has 0 fully saturated rings. The molecule has 0 amide bonds. The Morgan fingerprint density at radius 3 is 1.79 bits per heavy atom. The lowest BCUT2D eigenvalue weighted by molar-refractivity contribution is -0.113. The summed E-state index contributed by atoms with van der Waals surface area (Å²) in [7, 11) is 0. The second-order valence-corrected chi connectivity index (χ2v) is 5.81. The average Bonchev–Trinajstić information content (AvgIpc) is 2.02. The number of aliphatic hydroxyl groups is 2. The molecule has 3 nitrogen and oxygen atoms in total. The van der Waals surface area contributed by atoms with Gasteiger partial charge in [-0.25, -0.2) is 0 Å². The normalized spacial score (nSPS) is 16.6. The molecular formula is C8H15ClO3S2. The van der Waals surface area contributed by atoms with Crippen LogP contribution in [0.2, 0.25) is 0 Å². The molecule has 2 N–H and O–H groups in total. The van der Waals surface area contributed by atoms with Gasteiger partial charge in [-0.3, -0.25) is 4.79 Å². The van der Waals surface area contributed by atoms with E-state index in [1.165, 1.54) is 0 Å². The summed E-state index contributed by atoms with van der Waals surface area (Å²) in [4.78, 5) is 10.9. The van der Waals surface area contributed by atoms with E-state index in [1.807, 2.05) is 0 Å². The van der Waals surface area contributed by atoms with Crippen molar-refractivity contribution in [3.05, 3.63) is 0 Å². The average molecular weight is 259 g/mol. The fraction of sp³-hybridized carbons (Fsp3) is 0.625. The van der Waals surface area contributed by atoms with E-state index in [4.69, 9.17) is 21.8 Å². The van der Waals surface area contributed by atoms with Crippen LogP contribution in [0.1, 0.15) is 13.8 Å². The quantitative estimate of drug-likeness (QED) is 0.345. The Balaban J connectivity index is 4.24. The van der Waals surface area contributed by atoms with Crippen molar-refractivity contribution in [2.24, 2.45) is 5.92 Å². The summed E-state index contributed by atoms with van der Waals surface area (Å²) in [5.41, 5.74) is 0. The lowest BCUT2D eigenvalue weighted by atomic mass is 10.2. The van der Waals surface area contributed by atoms with Crippen LogP contribution in [0.4, 0.5) is 0 Å². The van der Waals surface area contributed by atoms with Gasteiger partial charge in [0.2, 0.25) is 5.24 Å². The molecule has 0 aliphatic carbocycles. The van der Waals surface area contributed by atoms with E-state index in [1.54, 1.807) is 13.8 Å². The first-order valence-corrected chi connectivity index (χ1v) is 6.56. The first-order chi connectivity index (χ1) is 6.43. The molecule has 0 aromatic heterocycles. The number of carbonyl (C=O) groups excluding carboxylic acids is 1. The molecule has 0 saturated heterocycles. The van der Waals surface area contributed by atoms with Gasteiger partial charge >= 0.3 is 0 Å². The number of aliphatic hydroxyl groups excluding tert-OH is 2. The zero-order valence-electron chi connectivity index (χ0n) is 8.07. The highest BCUT2D eigenvalue weighted by Gasteiger charge is 2.13. The third-order valence-electron chi connectivity index (χ3n) is 1.40. The largest absolute Gasteiger partial charge is 0.360 e. The fourth-order valence-electron chi connectivity index (χ4n) is 0.686. The van der Waals surface area contributed by atoms with Crippen molar-refractivity contribution >= 4 is 49.6 Å². The molecule has 0 aromatic rings. The van der Waals surface area contributed by atoms with Gasteiger partial charge in [-0.2, -0.15) is 22.7 Å². The van der Waals surface area contributed by atoms with Gasteiger partial charge in [0, 0.05) is 0 Å². The van der Waals surface area contributed by atoms with Crippen LogP contribution in [-0.2, 0) is 4.79 Å². The molecule has 0 radical (unpaired) electrons. The van der Waals surface area contributed by atoms with E-state index < -0.39 is 5.24 Å². The van der Waals surface area contributed by atoms with Gasteiger partial charge in [0.15, 0.2) is 0 Å². The second kappa shape index (κ2) is 7.59. The third kappa shape index (κ3) is 7.70. The number of thiol groups is 2. The van der Waals surface area contributed by atoms with Gasteiger partial charge in [-0.1, -0.05) is 0 Å². The highest BCUT2D eigenvalue weighted by molar-refractivity contribution is 7.99. The molecular weight excluding hydrogens is 244 g/mol. The number of hydrogen-bond donors (Lipinski definition) is 4. The molecule has 0 heterocycles. The molecule has 0 aliphatic rings. The van der Waals surface area contributed by atoms with Crippen molar-refractivity contribution in [1.82, 2.24) is 0 Å². The van der Waals surface area contributed by atoms with Crippen molar-refractivity contribution in [2.75, 3.05) is 11.5 Å². The summed E-state index contributed by atoms with van der Waals surface area (Å²) >= 11 is 6.81. The molecule has 6 heteroatoms. The summed E-state index contributed by atoms with van der Waals surface area (Å²) in [6.45, 7) is 3.16. The summed E-state index contributed by atoms with van der Waals surface area (Å²) in [6, 6.07) is 0. The predicted molar refractivity (Wildman–Crippen MR) is 68.7 cm³/mol. The van der Waals surface area contributed by atoms with E-state index in [0.29, 0.717) is 34.2 Å². The summed E-state index contributed by atoms with van der Waals surface area (Å²) < 4.78 is 0. The molecule has 0 spiro atoms. The van der Waals surface area contributed by atoms with Crippen LogP contribution in [-0.4, -0.2) is 37.1 Å². The lowest BCUT2D eigenvalue weighted by Gasteiger charge is -2.07. The minimum Gasteiger partial charge on any atom is -0.360 e. The van der Waals surface area contributed by atoms with E-state index in [0.717, 1.165) is 0 Å². The zero-order chi connectivity index (χ0) is 11.1. The predicted octanol–water partition coefficient (Wildman–Crippen LogP) is 1.71. The summed E-state index contributed by atoms with van der Waals surface area (Å²) in [6.07, 6.45) is 0. The number of halogens is 1. The van der Waals surface area contributed by atoms with Crippen molar-refractivity contribution < 1.29 is 15.0 Å². The first-order valence-electron chi connectivity index (χ1n) is 4.03. The number of rotatable bonds is 5. The molecule has 0 rings (SSSR count). The minimum absolute atomic E-state index is 0.272. The van der Waals surface area contributed by atoms with Gasteiger partial charge in [-0.05, 0) is 37.0 Å². The number of hydrogen-bond acceptors (Lipinski definition) is 1. The van der Waals surface area contributed by atoms with Crippen molar-refractivity contribution in [2.45, 2.75) is 13.8 Å². The maximum atomic E-state index is 10.9. The monoisotopic (exact) mass is 258 g/mol. The topological polar surface area (TPSA) is 57.5 Å². The Hall–Kier alpha value is 0.320. The Kier molecular flexibility index (Phi) is 7.76. The molecule has 0 saturated carbocycles. The molecule has 14 heavy (non-hydrogen) atoms. The number of carbonyl (C=O) groups is 1. The van der Waals surface area contributed by atoms with E-state index in [2.05, 4.69) is 0 Å². The van der Waals surface area contributed by atoms with Crippen LogP contribution >= 0.6 is 34.3 Å². The van der Waals surface area contributed by atoms with Crippen LogP contribution in [0.15, 0.2) is 0 Å². The zero-order valence-corrected chi connectivity index (χ0v) is 10.6. The van der Waals surface area contributed by atoms with E-state index in [9.17, 15) is 4.79 Å². The van der Waals surface area contributed by atoms with Crippen LogP contribution in [0.3, 0.4) is 0 Å². The standard InChI is InChI=1S/C8H15ClO3S2/c1-5(10)13-3-7(8(9)12)4-14-6(2)11/h7,10-11,13-14H,3-4H2,1-2H3. The van der Waals surface area contributed by atoms with Gasteiger partial charge in [0.05, 0.1) is 16.0 Å². The highest BCUT2D eigenvalue weighted by atomic mass is 35.5. The molecule has 0 bridgehead atoms. The molecule has 0 aromatic carbocycles. The molecule has 0 aliphatic heterocycles. The van der Waals surface area contributed by atoms with E-state index >= 15 is 0 Å². The van der Waals surface area contributed by atoms with Crippen molar-refractivity contribution in [1.29, 1.82) is 0 Å². The Labute approximate surface area is 96.0 Å². The van der Waals surface area contributed by atoms with Gasteiger partial charge < -0.3 is 10.2 Å². The van der Waals surface area contributed by atoms with Gasteiger partial charge in [-0.15, -0.1) is 0 Å². The van der Waals surface area contributed by atoms with Crippen LogP contribution in [0.5, 0.6) is 0 Å². The third-order valence-corrected chi connectivity index (χ3v) is 3.87. The summed E-state index contributed by atoms with van der Waals surface area (Å²) in [5, 5.41) is 18.0. The fourth-order valence-corrected chi connectivity index (χ4v) is 2.82. The first kappa shape index (κ1) is 14.3. The van der Waals surface area contributed by atoms with Crippen molar-refractivity contribution in [3.63, 3.8) is 0 Å². The van der Waals surface area contributed by atoms with Crippen LogP contribution < -0.4 is 0 Å². The maximum absolute atomic E-state index is 10.9. The Morgan fingerprint density at radius 2 is 1.57 bits per heavy atom. The molecule has 0 atom stereocenters. The Morgan fingerprint density at radius 1 is 1.21 bits per heavy atom. The van der Waals surface area contributed by atoms with E-state index in [-0.39, 0.29) is 16.0 Å². The second-order valence-electron chi connectivity index (χ2n) is 2.78. The van der Waals surface area contributed by atoms with Crippen LogP contribution in [0.25, 0.3) is 0 Å². The molecule has 84 valence electrons. The summed E-state index contributed by atoms with van der Waals surface area (Å²) in [5.74, 6) is 0.708. The Bertz CT molecular complexity index is 235. The van der Waals surface area contributed by atoms with Gasteiger partial charge in [0.25, 0.3) is 0 Å². The highest BCUT2D eigenvalue weighted by Crippen LogP contribution is 2.11. The minimum atomic E-state index is -0.410. The lowest BCUT2D eigenvalue weighted by Crippen LogP contribution is -2.14. The maximum Gasteiger partial charge on any atom is 0.226 e. The molecule has 0 unspecified atom stereocenters.